The number of nitrogens with two attached hydrogens (primary N) is 1. The van der Waals surface area contributed by atoms with Gasteiger partial charge in [0.05, 0.1) is 20.5 Å². The molecule has 0 spiro atoms. The fourth-order valence-electron chi connectivity index (χ4n) is 2.54. The molecule has 0 bridgehead atoms. The Morgan fingerprint density at radius 2 is 2.03 bits per heavy atom. The Morgan fingerprint density at radius 3 is 2.66 bits per heavy atom. The normalized spacial score (nSPS) is 27.4. The number of nitrogen functional groups attached to an aromatic ring is 1. The molecule has 1 aliphatic heterocycles. The lowest BCUT2D eigenvalue weighted by Crippen LogP contribution is -2.33. The first-order valence-electron chi connectivity index (χ1n) is 7.51. The highest BCUT2D eigenvalue weighted by molar-refractivity contribution is 7.98. The first-order valence-corrected chi connectivity index (χ1v) is 11.4. The lowest BCUT2D eigenvalue weighted by atomic mass is 10.1. The Hall–Kier alpha value is -1.06. The Bertz CT molecular complexity index is 1000. The predicted octanol–water partition coefficient (Wildman–Crippen LogP) is -1.65. The second-order valence-electron chi connectivity index (χ2n) is 5.56. The molecule has 5 atom stereocenters. The number of anilines is 1. The van der Waals surface area contributed by atoms with Gasteiger partial charge in [0.25, 0.3) is 0 Å². The van der Waals surface area contributed by atoms with Gasteiger partial charge < -0.3 is 39.6 Å². The van der Waals surface area contributed by atoms with Crippen LogP contribution in [0.1, 0.15) is 6.23 Å². The van der Waals surface area contributed by atoms with E-state index < -0.39 is 54.0 Å². The van der Waals surface area contributed by atoms with Gasteiger partial charge in [0.15, 0.2) is 30.3 Å². The maximum Gasteiger partial charge on any atom is 0.474 e. The Balaban J connectivity index is 1.80. The van der Waals surface area contributed by atoms with Crippen molar-refractivity contribution in [3.05, 3.63) is 6.33 Å². The molecule has 0 amide bonds. The molecule has 3 rings (SSSR count). The number of thioether (sulfide) groups is 1. The van der Waals surface area contributed by atoms with Crippen molar-refractivity contribution in [2.24, 2.45) is 0 Å². The fourth-order valence-corrected chi connectivity index (χ4v) is 4.06. The zero-order valence-electron chi connectivity index (χ0n) is 14.1. The largest absolute Gasteiger partial charge is 0.474 e. The van der Waals surface area contributed by atoms with Gasteiger partial charge in [-0.15, -0.1) is 0 Å². The second-order valence-corrected chi connectivity index (χ2v) is 8.67. The Labute approximate surface area is 168 Å². The SMILES string of the molecule is [BH3-][P@@](=O)(OC[C@H]1O[C@@H](n2cnc3c(N)nc(SC)nc32)[C@H](O)[C@@H]1O)OP(=O)(O)O. The van der Waals surface area contributed by atoms with Crippen LogP contribution >= 0.6 is 27.1 Å². The zero-order chi connectivity index (χ0) is 21.6. The van der Waals surface area contributed by atoms with Crippen LogP contribution < -0.4 is 5.73 Å². The zero-order valence-corrected chi connectivity index (χ0v) is 16.7. The van der Waals surface area contributed by atoms with Crippen LogP contribution in [-0.2, 0) is 22.7 Å². The maximum atomic E-state index is 12.1. The molecule has 1 fully saturated rings. The molecule has 18 heteroatoms. The summed E-state index contributed by atoms with van der Waals surface area (Å²) in [5.74, 6) is 0.140. The van der Waals surface area contributed by atoms with Gasteiger partial charge in [0.1, 0.15) is 23.8 Å². The van der Waals surface area contributed by atoms with Gasteiger partial charge in [-0.1, -0.05) is 11.8 Å². The van der Waals surface area contributed by atoms with Crippen molar-refractivity contribution >= 4 is 51.6 Å². The minimum atomic E-state index is -4.99. The third kappa shape index (κ3) is 4.99. The molecule has 0 saturated carbocycles. The topological polar surface area (TPSA) is 212 Å². The molecule has 0 aliphatic carbocycles. The predicted molar refractivity (Wildman–Crippen MR) is 104 cm³/mol. The smallest absolute Gasteiger partial charge is 0.387 e. The number of aliphatic hydroxyl groups excluding tert-OH is 2. The molecule has 0 unspecified atom stereocenters. The van der Waals surface area contributed by atoms with Crippen LogP contribution in [0, 0.1) is 0 Å². The maximum absolute atomic E-state index is 12.1. The molecule has 1 saturated heterocycles. The summed E-state index contributed by atoms with van der Waals surface area (Å²) in [5, 5.41) is 21.0. The monoisotopic (exact) mass is 470 g/mol. The fraction of sp³-hybridized carbons (Fsp3) is 0.545. The van der Waals surface area contributed by atoms with E-state index >= 15 is 0 Å². The van der Waals surface area contributed by atoms with E-state index in [-0.39, 0.29) is 17.0 Å². The highest BCUT2D eigenvalue weighted by Gasteiger charge is 2.45. The number of aromatic nitrogens is 4. The lowest BCUT2D eigenvalue weighted by molar-refractivity contribution is -0.0479. The lowest BCUT2D eigenvalue weighted by Gasteiger charge is -2.22. The summed E-state index contributed by atoms with van der Waals surface area (Å²) >= 11 is 1.25. The minimum Gasteiger partial charge on any atom is -0.387 e. The van der Waals surface area contributed by atoms with Gasteiger partial charge in [-0.25, -0.2) is 23.8 Å². The summed E-state index contributed by atoms with van der Waals surface area (Å²) < 4.78 is 39.2. The van der Waals surface area contributed by atoms with E-state index in [2.05, 4.69) is 19.3 Å². The van der Waals surface area contributed by atoms with E-state index in [1.165, 1.54) is 22.7 Å². The second kappa shape index (κ2) is 8.23. The molecule has 3 heterocycles. The van der Waals surface area contributed by atoms with Crippen molar-refractivity contribution < 1.29 is 42.7 Å². The van der Waals surface area contributed by atoms with Crippen LogP contribution in [0.15, 0.2) is 11.5 Å². The summed E-state index contributed by atoms with van der Waals surface area (Å²) in [6, 6.07) is 0. The molecule has 6 N–H and O–H groups in total. The van der Waals surface area contributed by atoms with E-state index in [9.17, 15) is 19.3 Å². The average Bonchev–Trinajstić information content (AvgIpc) is 3.13. The van der Waals surface area contributed by atoms with Gasteiger partial charge >= 0.3 is 7.82 Å². The molecule has 0 aromatic carbocycles. The van der Waals surface area contributed by atoms with E-state index in [4.69, 9.17) is 24.8 Å². The van der Waals surface area contributed by atoms with Crippen molar-refractivity contribution in [2.75, 3.05) is 18.6 Å². The van der Waals surface area contributed by atoms with E-state index in [1.807, 2.05) is 0 Å². The minimum absolute atomic E-state index is 0.140. The molecular formula is C11H19BN5O9P2S-. The van der Waals surface area contributed by atoms with Gasteiger partial charge in [-0.05, 0) is 6.26 Å². The standard InChI is InChI=1S/C11H19BN5O9P2S/c1-29-11-15-8(13)5-9(16-11)17(3-14-5)10-7(19)6(18)4(25-10)2-24-27(12,20)26-28(21,22)23/h3-4,6-7,10,18-19H,2H2,1,12H3,(H2,13,15,16)(H2,21,22,23)/q-1/t4-,6-,7-,10-,27-/m1/s1. The summed E-state index contributed by atoms with van der Waals surface area (Å²) in [6.07, 6.45) is -2.03. The number of hydrogen-bond acceptors (Lipinski definition) is 12. The van der Waals surface area contributed by atoms with Crippen LogP contribution in [0.2, 0.25) is 0 Å². The highest BCUT2D eigenvalue weighted by Crippen LogP contribution is 2.57. The summed E-state index contributed by atoms with van der Waals surface area (Å²) in [5.41, 5.74) is 6.44. The first-order chi connectivity index (χ1) is 13.4. The van der Waals surface area contributed by atoms with Crippen LogP contribution in [0.3, 0.4) is 0 Å². The van der Waals surface area contributed by atoms with Crippen molar-refractivity contribution in [3.8, 4) is 0 Å². The number of imidazole rings is 1. The number of aliphatic hydroxyl groups is 2. The summed E-state index contributed by atoms with van der Waals surface area (Å²) in [6.45, 7) is -0.505. The highest BCUT2D eigenvalue weighted by atomic mass is 32.2. The molecule has 2 aromatic rings. The Morgan fingerprint density at radius 1 is 1.34 bits per heavy atom. The van der Waals surface area contributed by atoms with Gasteiger partial charge in [-0.3, -0.25) is 4.57 Å². The van der Waals surface area contributed by atoms with E-state index in [1.54, 1.807) is 6.26 Å². The average molecular weight is 470 g/mol. The van der Waals surface area contributed by atoms with Gasteiger partial charge in [-0.2, -0.15) is 0 Å². The Kier molecular flexibility index (Phi) is 6.42. The molecular weight excluding hydrogens is 451 g/mol. The van der Waals surface area contributed by atoms with Gasteiger partial charge in [0, 0.05) is 0 Å². The van der Waals surface area contributed by atoms with Crippen LogP contribution in [0.25, 0.3) is 11.2 Å². The van der Waals surface area contributed by atoms with Crippen molar-refractivity contribution in [1.82, 2.24) is 19.5 Å². The summed E-state index contributed by atoms with van der Waals surface area (Å²) in [4.78, 5) is 30.1. The van der Waals surface area contributed by atoms with E-state index in [0.717, 1.165) is 0 Å². The number of phosphoric acid groups is 1. The van der Waals surface area contributed by atoms with Gasteiger partial charge in [0.2, 0.25) is 0 Å². The molecule has 2 aromatic heterocycles. The van der Waals surface area contributed by atoms with Crippen LogP contribution in [0.4, 0.5) is 5.82 Å². The third-order valence-corrected chi connectivity index (χ3v) is 6.03. The first kappa shape index (κ1) is 22.6. The van der Waals surface area contributed by atoms with Crippen LogP contribution in [-0.4, -0.2) is 78.3 Å². The summed E-state index contributed by atoms with van der Waals surface area (Å²) in [7, 11) is -10.1. The molecule has 0 radical (unpaired) electrons. The number of fused-ring (bicyclic) bond motifs is 1. The number of ether oxygens (including phenoxy) is 1. The molecule has 1 aliphatic rings. The van der Waals surface area contributed by atoms with Crippen molar-refractivity contribution in [2.45, 2.75) is 29.7 Å². The molecule has 14 nitrogen and oxygen atoms in total. The quantitative estimate of drug-likeness (QED) is 0.133. The molecule has 29 heavy (non-hydrogen) atoms. The van der Waals surface area contributed by atoms with Crippen molar-refractivity contribution in [3.63, 3.8) is 0 Å². The third-order valence-electron chi connectivity index (χ3n) is 3.74. The van der Waals surface area contributed by atoms with E-state index in [0.29, 0.717) is 5.16 Å². The van der Waals surface area contributed by atoms with Crippen molar-refractivity contribution in [1.29, 1.82) is 0 Å². The number of hydrogen-bond donors (Lipinski definition) is 5. The number of rotatable bonds is 7. The molecule has 162 valence electrons. The van der Waals surface area contributed by atoms with Crippen LogP contribution in [0.5, 0.6) is 0 Å². The number of nitrogens with zero attached hydrogens (tertiary/aromatic N) is 4.